The molecule has 0 fully saturated rings. The van der Waals surface area contributed by atoms with Crippen LogP contribution in [0.1, 0.15) is 20.3 Å². The highest BCUT2D eigenvalue weighted by atomic mass is 16.5. The Hall–Kier alpha value is -1.88. The van der Waals surface area contributed by atoms with Crippen molar-refractivity contribution in [2.24, 2.45) is 5.92 Å². The van der Waals surface area contributed by atoms with Gasteiger partial charge in [0.1, 0.15) is 0 Å². The molecule has 3 N–H and O–H groups in total. The maximum absolute atomic E-state index is 5.89. The Morgan fingerprint density at radius 2 is 1.85 bits per heavy atom. The second kappa shape index (κ2) is 7.05. The number of benzene rings is 1. The van der Waals surface area contributed by atoms with E-state index in [4.69, 9.17) is 10.5 Å². The van der Waals surface area contributed by atoms with Crippen molar-refractivity contribution in [3.05, 3.63) is 24.3 Å². The fourth-order valence-corrected chi connectivity index (χ4v) is 1.81. The lowest BCUT2D eigenvalue weighted by Gasteiger charge is -2.10. The number of nitrogens with zero attached hydrogens (tertiary/aromatic N) is 2. The normalized spacial score (nSPS) is 11.2. The number of fused-ring (bicyclic) bond motifs is 1. The summed E-state index contributed by atoms with van der Waals surface area (Å²) in [6.45, 7) is 6.48. The molecule has 0 aliphatic heterocycles. The van der Waals surface area contributed by atoms with Gasteiger partial charge in [-0.3, -0.25) is 0 Å². The van der Waals surface area contributed by atoms with Crippen LogP contribution >= 0.6 is 0 Å². The second-order valence-electron chi connectivity index (χ2n) is 5.17. The smallest absolute Gasteiger partial charge is 0.169 e. The SMILES string of the molecule is CC(C)CCOCCNc1nc2ccccc2nc1N. The molecule has 5 nitrogen and oxygen atoms in total. The number of hydrogen-bond donors (Lipinski definition) is 2. The number of nitrogen functional groups attached to an aromatic ring is 1. The molecule has 5 heteroatoms. The summed E-state index contributed by atoms with van der Waals surface area (Å²) >= 11 is 0. The number of nitrogens with two attached hydrogens (primary N) is 1. The van der Waals surface area contributed by atoms with Gasteiger partial charge < -0.3 is 15.8 Å². The average Bonchev–Trinajstić information content (AvgIpc) is 2.42. The number of nitrogens with one attached hydrogen (secondary N) is 1. The van der Waals surface area contributed by atoms with Crippen LogP contribution in [-0.2, 0) is 4.74 Å². The first kappa shape index (κ1) is 14.5. The molecule has 0 bridgehead atoms. The topological polar surface area (TPSA) is 73.1 Å². The summed E-state index contributed by atoms with van der Waals surface area (Å²) in [5.41, 5.74) is 7.54. The largest absolute Gasteiger partial charge is 0.381 e. The number of para-hydroxylation sites is 2. The van der Waals surface area contributed by atoms with Crippen LogP contribution in [0.3, 0.4) is 0 Å². The van der Waals surface area contributed by atoms with Crippen LogP contribution in [-0.4, -0.2) is 29.7 Å². The lowest BCUT2D eigenvalue weighted by molar-refractivity contribution is 0.132. The Morgan fingerprint density at radius 3 is 2.55 bits per heavy atom. The molecule has 20 heavy (non-hydrogen) atoms. The highest BCUT2D eigenvalue weighted by molar-refractivity contribution is 5.79. The first-order chi connectivity index (χ1) is 9.66. The van der Waals surface area contributed by atoms with Crippen LogP contribution in [0.4, 0.5) is 11.6 Å². The number of rotatable bonds is 7. The first-order valence-electron chi connectivity index (χ1n) is 7.00. The van der Waals surface area contributed by atoms with Crippen LogP contribution in [0.2, 0.25) is 0 Å². The maximum Gasteiger partial charge on any atom is 0.169 e. The number of ether oxygens (including phenoxy) is 1. The van der Waals surface area contributed by atoms with Crippen LogP contribution in [0.5, 0.6) is 0 Å². The van der Waals surface area contributed by atoms with Crippen LogP contribution in [0.25, 0.3) is 11.0 Å². The first-order valence-corrected chi connectivity index (χ1v) is 7.00. The van der Waals surface area contributed by atoms with E-state index in [1.807, 2.05) is 24.3 Å². The highest BCUT2D eigenvalue weighted by Crippen LogP contribution is 2.17. The summed E-state index contributed by atoms with van der Waals surface area (Å²) in [6, 6.07) is 7.68. The standard InChI is InChI=1S/C15H22N4O/c1-11(2)7-9-20-10-8-17-15-14(16)18-12-5-3-4-6-13(12)19-15/h3-6,11H,7-10H2,1-2H3,(H2,16,18)(H,17,19). The minimum absolute atomic E-state index is 0.422. The van der Waals surface area contributed by atoms with E-state index in [1.54, 1.807) is 0 Å². The van der Waals surface area contributed by atoms with Gasteiger partial charge in [0.25, 0.3) is 0 Å². The van der Waals surface area contributed by atoms with E-state index in [-0.39, 0.29) is 0 Å². The van der Waals surface area contributed by atoms with Gasteiger partial charge in [0.05, 0.1) is 17.6 Å². The third-order valence-corrected chi connectivity index (χ3v) is 2.98. The quantitative estimate of drug-likeness (QED) is 0.759. The third kappa shape index (κ3) is 4.06. The van der Waals surface area contributed by atoms with E-state index < -0.39 is 0 Å². The van der Waals surface area contributed by atoms with E-state index >= 15 is 0 Å². The van der Waals surface area contributed by atoms with Crippen LogP contribution in [0, 0.1) is 5.92 Å². The molecule has 0 radical (unpaired) electrons. The van der Waals surface area contributed by atoms with Crippen molar-refractivity contribution in [3.8, 4) is 0 Å². The van der Waals surface area contributed by atoms with Gasteiger partial charge in [-0.25, -0.2) is 9.97 Å². The van der Waals surface area contributed by atoms with Gasteiger partial charge in [-0.1, -0.05) is 26.0 Å². The fraction of sp³-hybridized carbons (Fsp3) is 0.467. The van der Waals surface area contributed by atoms with Crippen LogP contribution < -0.4 is 11.1 Å². The number of hydrogen-bond acceptors (Lipinski definition) is 5. The van der Waals surface area contributed by atoms with Gasteiger partial charge >= 0.3 is 0 Å². The number of aromatic nitrogens is 2. The van der Waals surface area contributed by atoms with Gasteiger partial charge in [-0.15, -0.1) is 0 Å². The Labute approximate surface area is 119 Å². The van der Waals surface area contributed by atoms with Gasteiger partial charge in [-0.05, 0) is 24.5 Å². The van der Waals surface area contributed by atoms with Gasteiger partial charge in [0.2, 0.25) is 0 Å². The summed E-state index contributed by atoms with van der Waals surface area (Å²) in [4.78, 5) is 8.79. The van der Waals surface area contributed by atoms with Crippen molar-refractivity contribution in [1.82, 2.24) is 9.97 Å². The maximum atomic E-state index is 5.89. The molecule has 0 atom stereocenters. The minimum atomic E-state index is 0.422. The van der Waals surface area contributed by atoms with Gasteiger partial charge in [0.15, 0.2) is 11.6 Å². The third-order valence-electron chi connectivity index (χ3n) is 2.98. The van der Waals surface area contributed by atoms with Crippen LogP contribution in [0.15, 0.2) is 24.3 Å². The molecule has 1 heterocycles. The fourth-order valence-electron chi connectivity index (χ4n) is 1.81. The molecule has 0 unspecified atom stereocenters. The molecule has 2 rings (SSSR count). The van der Waals surface area contributed by atoms with Crippen molar-refractivity contribution in [3.63, 3.8) is 0 Å². The van der Waals surface area contributed by atoms with Crippen molar-refractivity contribution in [2.75, 3.05) is 30.8 Å². The van der Waals surface area contributed by atoms with Crippen molar-refractivity contribution in [2.45, 2.75) is 20.3 Å². The van der Waals surface area contributed by atoms with E-state index in [1.165, 1.54) is 0 Å². The summed E-state index contributed by atoms with van der Waals surface area (Å²) in [7, 11) is 0. The van der Waals surface area contributed by atoms with Gasteiger partial charge in [-0.2, -0.15) is 0 Å². The zero-order valence-corrected chi connectivity index (χ0v) is 12.1. The molecule has 0 amide bonds. The monoisotopic (exact) mass is 274 g/mol. The highest BCUT2D eigenvalue weighted by Gasteiger charge is 2.04. The Morgan fingerprint density at radius 1 is 1.15 bits per heavy atom. The Kier molecular flexibility index (Phi) is 5.12. The Bertz CT molecular complexity index is 557. The molecule has 0 spiro atoms. The molecule has 1 aromatic heterocycles. The summed E-state index contributed by atoms with van der Waals surface area (Å²) in [5.74, 6) is 1.71. The molecule has 1 aromatic carbocycles. The van der Waals surface area contributed by atoms with Crippen molar-refractivity contribution < 1.29 is 4.74 Å². The Balaban J connectivity index is 1.85. The summed E-state index contributed by atoms with van der Waals surface area (Å²) < 4.78 is 5.54. The zero-order chi connectivity index (χ0) is 14.4. The lowest BCUT2D eigenvalue weighted by Crippen LogP contribution is -2.13. The number of anilines is 2. The predicted octanol–water partition coefficient (Wildman–Crippen LogP) is 2.69. The van der Waals surface area contributed by atoms with Crippen molar-refractivity contribution >= 4 is 22.7 Å². The predicted molar refractivity (Wildman–Crippen MR) is 82.7 cm³/mol. The molecule has 0 saturated carbocycles. The average molecular weight is 274 g/mol. The van der Waals surface area contributed by atoms with E-state index in [2.05, 4.69) is 29.1 Å². The lowest BCUT2D eigenvalue weighted by atomic mass is 10.1. The van der Waals surface area contributed by atoms with E-state index in [0.29, 0.717) is 30.7 Å². The van der Waals surface area contributed by atoms with E-state index in [9.17, 15) is 0 Å². The second-order valence-corrected chi connectivity index (χ2v) is 5.17. The molecular weight excluding hydrogens is 252 g/mol. The minimum Gasteiger partial charge on any atom is -0.381 e. The van der Waals surface area contributed by atoms with Crippen molar-refractivity contribution in [1.29, 1.82) is 0 Å². The zero-order valence-electron chi connectivity index (χ0n) is 12.1. The van der Waals surface area contributed by atoms with E-state index in [0.717, 1.165) is 24.1 Å². The summed E-state index contributed by atoms with van der Waals surface area (Å²) in [6.07, 6.45) is 1.08. The molecule has 0 aliphatic rings. The molecule has 108 valence electrons. The molecule has 2 aromatic rings. The molecular formula is C15H22N4O. The summed E-state index contributed by atoms with van der Waals surface area (Å²) in [5, 5.41) is 3.17. The molecule has 0 saturated heterocycles. The van der Waals surface area contributed by atoms with Gasteiger partial charge in [0, 0.05) is 13.2 Å². The molecule has 0 aliphatic carbocycles.